The Morgan fingerprint density at radius 2 is 1.74 bits per heavy atom. The van der Waals surface area contributed by atoms with Gasteiger partial charge in [0, 0.05) is 5.56 Å². The van der Waals surface area contributed by atoms with Crippen LogP contribution in [0.2, 0.25) is 0 Å². The highest BCUT2D eigenvalue weighted by molar-refractivity contribution is 6.39. The number of carbonyl (C=O) groups is 2. The molecular weight excluding hydrogens is 346 g/mol. The number of aromatic hydroxyl groups is 1. The van der Waals surface area contributed by atoms with Crippen LogP contribution in [0.3, 0.4) is 0 Å². The Balaban J connectivity index is 1.70. The molecule has 0 heterocycles. The first-order valence-corrected chi connectivity index (χ1v) is 8.08. The molecule has 7 nitrogen and oxygen atoms in total. The fourth-order valence-electron chi connectivity index (χ4n) is 2.55. The van der Waals surface area contributed by atoms with Crippen LogP contribution < -0.4 is 15.5 Å². The molecule has 3 N–H and O–H groups in total. The fraction of sp³-hybridized carbons (Fsp3) is 0.0500. The molecule has 0 fully saturated rings. The molecule has 0 radical (unpaired) electrons. The number of phenols is 1. The number of phenolic OH excluding ortho intramolecular Hbond substituents is 1. The molecule has 3 rings (SSSR count). The number of nitrogens with zero attached hydrogens (tertiary/aromatic N) is 1. The zero-order valence-corrected chi connectivity index (χ0v) is 14.5. The number of anilines is 1. The van der Waals surface area contributed by atoms with Crippen molar-refractivity contribution < 1.29 is 19.4 Å². The van der Waals surface area contributed by atoms with Crippen LogP contribution in [0, 0.1) is 0 Å². The Morgan fingerprint density at radius 1 is 1.00 bits per heavy atom. The number of para-hydroxylation sites is 2. The van der Waals surface area contributed by atoms with Crippen LogP contribution in [0.4, 0.5) is 5.69 Å². The summed E-state index contributed by atoms with van der Waals surface area (Å²) in [6, 6.07) is 17.5. The number of benzene rings is 3. The number of ether oxygens (including phenoxy) is 1. The third-order valence-electron chi connectivity index (χ3n) is 3.87. The molecule has 0 atom stereocenters. The van der Waals surface area contributed by atoms with Crippen molar-refractivity contribution in [2.45, 2.75) is 0 Å². The van der Waals surface area contributed by atoms with Gasteiger partial charge in [0.1, 0.15) is 11.5 Å². The lowest BCUT2D eigenvalue weighted by molar-refractivity contribution is -0.136. The number of hydrogen-bond donors (Lipinski definition) is 3. The van der Waals surface area contributed by atoms with Crippen molar-refractivity contribution in [1.82, 2.24) is 5.43 Å². The van der Waals surface area contributed by atoms with E-state index in [0.29, 0.717) is 17.0 Å². The van der Waals surface area contributed by atoms with E-state index in [4.69, 9.17) is 4.74 Å². The lowest BCUT2D eigenvalue weighted by Gasteiger charge is -2.08. The van der Waals surface area contributed by atoms with Gasteiger partial charge in [-0.15, -0.1) is 0 Å². The van der Waals surface area contributed by atoms with Gasteiger partial charge >= 0.3 is 11.8 Å². The van der Waals surface area contributed by atoms with Crippen molar-refractivity contribution in [3.8, 4) is 11.5 Å². The molecule has 0 unspecified atom stereocenters. The molecule has 2 amide bonds. The lowest BCUT2D eigenvalue weighted by atomic mass is 10.0. The van der Waals surface area contributed by atoms with E-state index in [1.807, 2.05) is 24.3 Å². The predicted octanol–water partition coefficient (Wildman–Crippen LogP) is 2.64. The van der Waals surface area contributed by atoms with Crippen molar-refractivity contribution in [3.05, 3.63) is 66.2 Å². The second-order valence-corrected chi connectivity index (χ2v) is 5.57. The normalized spacial score (nSPS) is 10.7. The van der Waals surface area contributed by atoms with Crippen LogP contribution in [0.1, 0.15) is 5.56 Å². The molecule has 3 aromatic rings. The molecule has 0 spiro atoms. The van der Waals surface area contributed by atoms with Gasteiger partial charge in [0.15, 0.2) is 0 Å². The lowest BCUT2D eigenvalue weighted by Crippen LogP contribution is -2.32. The van der Waals surface area contributed by atoms with E-state index >= 15 is 0 Å². The largest absolute Gasteiger partial charge is 0.507 e. The average Bonchev–Trinajstić information content (AvgIpc) is 2.69. The number of rotatable bonds is 4. The smallest absolute Gasteiger partial charge is 0.329 e. The number of methoxy groups -OCH3 is 1. The van der Waals surface area contributed by atoms with Crippen LogP contribution in [-0.2, 0) is 9.59 Å². The maximum absolute atomic E-state index is 12.0. The second-order valence-electron chi connectivity index (χ2n) is 5.57. The highest BCUT2D eigenvalue weighted by atomic mass is 16.5. The summed E-state index contributed by atoms with van der Waals surface area (Å²) in [6.45, 7) is 0. The van der Waals surface area contributed by atoms with Gasteiger partial charge < -0.3 is 15.2 Å². The molecule has 27 heavy (non-hydrogen) atoms. The topological polar surface area (TPSA) is 100 Å². The highest BCUT2D eigenvalue weighted by Crippen LogP contribution is 2.25. The minimum Gasteiger partial charge on any atom is -0.507 e. The van der Waals surface area contributed by atoms with E-state index in [1.165, 1.54) is 13.3 Å². The minimum atomic E-state index is -0.947. The van der Waals surface area contributed by atoms with E-state index in [0.717, 1.165) is 10.8 Å². The van der Waals surface area contributed by atoms with Gasteiger partial charge in [-0.05, 0) is 29.0 Å². The molecule has 0 aliphatic rings. The number of fused-ring (bicyclic) bond motifs is 1. The molecule has 7 heteroatoms. The monoisotopic (exact) mass is 363 g/mol. The van der Waals surface area contributed by atoms with Crippen molar-refractivity contribution in [2.24, 2.45) is 5.10 Å². The number of hydrogen-bond acceptors (Lipinski definition) is 5. The predicted molar refractivity (Wildman–Crippen MR) is 103 cm³/mol. The van der Waals surface area contributed by atoms with E-state index in [9.17, 15) is 14.7 Å². The first-order valence-electron chi connectivity index (χ1n) is 8.08. The molecule has 0 aliphatic carbocycles. The van der Waals surface area contributed by atoms with Crippen LogP contribution in [0.25, 0.3) is 10.8 Å². The molecule has 3 aromatic carbocycles. The Labute approximate surface area is 155 Å². The number of nitrogens with one attached hydrogen (secondary N) is 2. The minimum absolute atomic E-state index is 0.0187. The molecule has 0 saturated carbocycles. The quantitative estimate of drug-likeness (QED) is 0.377. The molecule has 0 bridgehead atoms. The summed E-state index contributed by atoms with van der Waals surface area (Å²) in [7, 11) is 1.46. The summed E-state index contributed by atoms with van der Waals surface area (Å²) >= 11 is 0. The Bertz CT molecular complexity index is 1030. The van der Waals surface area contributed by atoms with E-state index in [-0.39, 0.29) is 5.75 Å². The van der Waals surface area contributed by atoms with Gasteiger partial charge in [-0.1, -0.05) is 42.5 Å². The summed E-state index contributed by atoms with van der Waals surface area (Å²) in [5.41, 5.74) is 2.96. The van der Waals surface area contributed by atoms with Crippen molar-refractivity contribution in [2.75, 3.05) is 12.4 Å². The zero-order valence-electron chi connectivity index (χ0n) is 14.5. The maximum Gasteiger partial charge on any atom is 0.329 e. The Morgan fingerprint density at radius 3 is 2.56 bits per heavy atom. The first-order chi connectivity index (χ1) is 13.1. The molecule has 0 saturated heterocycles. The molecule has 0 aliphatic heterocycles. The second kappa shape index (κ2) is 8.01. The third kappa shape index (κ3) is 4.04. The fourth-order valence-corrected chi connectivity index (χ4v) is 2.55. The van der Waals surface area contributed by atoms with Gasteiger partial charge in [0.2, 0.25) is 0 Å². The van der Waals surface area contributed by atoms with Gasteiger partial charge in [0.25, 0.3) is 0 Å². The Hall–Kier alpha value is -3.87. The summed E-state index contributed by atoms with van der Waals surface area (Å²) in [6.07, 6.45) is 1.30. The number of carbonyl (C=O) groups excluding carboxylic acids is 2. The van der Waals surface area contributed by atoms with Crippen molar-refractivity contribution in [3.63, 3.8) is 0 Å². The standard InChI is InChI=1S/C20H17N3O4/c1-27-18-9-5-4-8-16(18)22-19(25)20(26)23-21-12-15-14-7-3-2-6-13(14)10-11-17(15)24/h2-12,24H,1H3,(H,22,25)(H,23,26)/b21-12+. The third-order valence-corrected chi connectivity index (χ3v) is 3.87. The van der Waals surface area contributed by atoms with Crippen LogP contribution in [-0.4, -0.2) is 30.2 Å². The molecule has 0 aromatic heterocycles. The van der Waals surface area contributed by atoms with Gasteiger partial charge in [-0.25, -0.2) is 5.43 Å². The van der Waals surface area contributed by atoms with Gasteiger partial charge in [-0.2, -0.15) is 5.10 Å². The maximum atomic E-state index is 12.0. The summed E-state index contributed by atoms with van der Waals surface area (Å²) < 4.78 is 5.12. The SMILES string of the molecule is COc1ccccc1NC(=O)C(=O)N/N=C/c1c(O)ccc2ccccc12. The van der Waals surface area contributed by atoms with Gasteiger partial charge in [0.05, 0.1) is 19.0 Å². The summed E-state index contributed by atoms with van der Waals surface area (Å²) in [4.78, 5) is 23.9. The summed E-state index contributed by atoms with van der Waals surface area (Å²) in [5, 5.41) is 18.0. The zero-order chi connectivity index (χ0) is 19.2. The van der Waals surface area contributed by atoms with Crippen LogP contribution >= 0.6 is 0 Å². The number of hydrazone groups is 1. The molecular formula is C20H17N3O4. The van der Waals surface area contributed by atoms with Crippen molar-refractivity contribution >= 4 is 34.5 Å². The number of amides is 2. The van der Waals surface area contributed by atoms with E-state index in [2.05, 4.69) is 15.8 Å². The van der Waals surface area contributed by atoms with E-state index < -0.39 is 11.8 Å². The highest BCUT2D eigenvalue weighted by Gasteiger charge is 2.15. The van der Waals surface area contributed by atoms with E-state index in [1.54, 1.807) is 36.4 Å². The summed E-state index contributed by atoms with van der Waals surface area (Å²) in [5.74, 6) is -1.39. The Kier molecular flexibility index (Phi) is 5.32. The van der Waals surface area contributed by atoms with Gasteiger partial charge in [-0.3, -0.25) is 9.59 Å². The van der Waals surface area contributed by atoms with Crippen molar-refractivity contribution in [1.29, 1.82) is 0 Å². The van der Waals surface area contributed by atoms with Crippen LogP contribution in [0.15, 0.2) is 65.8 Å². The average molecular weight is 363 g/mol. The first kappa shape index (κ1) is 17.9. The van der Waals surface area contributed by atoms with Crippen LogP contribution in [0.5, 0.6) is 11.5 Å². The molecule has 136 valence electrons.